The van der Waals surface area contributed by atoms with Gasteiger partial charge in [0, 0.05) is 19.2 Å². The number of halogens is 1. The van der Waals surface area contributed by atoms with E-state index in [9.17, 15) is 10.1 Å². The summed E-state index contributed by atoms with van der Waals surface area (Å²) in [6.07, 6.45) is 2.64. The molecule has 0 unspecified atom stereocenters. The van der Waals surface area contributed by atoms with Crippen molar-refractivity contribution in [1.82, 2.24) is 14.8 Å². The fourth-order valence-corrected chi connectivity index (χ4v) is 2.93. The second-order valence-electron chi connectivity index (χ2n) is 5.74. The van der Waals surface area contributed by atoms with Gasteiger partial charge in [-0.25, -0.2) is 9.67 Å². The summed E-state index contributed by atoms with van der Waals surface area (Å²) >= 11 is 5.92. The highest BCUT2D eigenvalue weighted by Gasteiger charge is 2.26. The monoisotopic (exact) mass is 352 g/mol. The largest absolute Gasteiger partial charge is 0.382 e. The molecule has 0 saturated carbocycles. The van der Waals surface area contributed by atoms with E-state index in [-0.39, 0.29) is 34.4 Å². The van der Waals surface area contributed by atoms with Gasteiger partial charge in [-0.15, -0.1) is 0 Å². The second kappa shape index (κ2) is 6.25. The molecule has 0 spiro atoms. The minimum atomic E-state index is -0.522. The van der Waals surface area contributed by atoms with Gasteiger partial charge in [-0.1, -0.05) is 11.6 Å². The summed E-state index contributed by atoms with van der Waals surface area (Å²) in [5.41, 5.74) is 5.90. The van der Waals surface area contributed by atoms with Crippen LogP contribution in [-0.4, -0.2) is 45.0 Å². The van der Waals surface area contributed by atoms with Gasteiger partial charge in [0.15, 0.2) is 0 Å². The van der Waals surface area contributed by atoms with Crippen LogP contribution in [0.15, 0.2) is 18.5 Å². The van der Waals surface area contributed by atoms with E-state index >= 15 is 0 Å². The number of morpholine rings is 1. The highest BCUT2D eigenvalue weighted by atomic mass is 35.5. The molecular formula is C14H17ClN6O3. The lowest BCUT2D eigenvalue weighted by atomic mass is 10.2. The molecule has 3 heterocycles. The van der Waals surface area contributed by atoms with Crippen LogP contribution in [0.5, 0.6) is 0 Å². The first-order valence-electron chi connectivity index (χ1n) is 7.41. The molecule has 0 aliphatic carbocycles. The Morgan fingerprint density at radius 3 is 2.58 bits per heavy atom. The molecule has 0 bridgehead atoms. The summed E-state index contributed by atoms with van der Waals surface area (Å²) in [7, 11) is 0. The normalized spacial score (nSPS) is 21.0. The molecule has 2 atom stereocenters. The fraction of sp³-hybridized carbons (Fsp3) is 0.429. The van der Waals surface area contributed by atoms with E-state index in [0.717, 1.165) is 0 Å². The number of aromatic nitrogens is 3. The third-order valence-electron chi connectivity index (χ3n) is 3.78. The Morgan fingerprint density at radius 1 is 1.38 bits per heavy atom. The van der Waals surface area contributed by atoms with E-state index in [0.29, 0.717) is 18.9 Å². The van der Waals surface area contributed by atoms with E-state index in [2.05, 4.69) is 10.1 Å². The molecule has 0 amide bonds. The first-order chi connectivity index (χ1) is 11.4. The molecule has 3 rings (SSSR count). The highest BCUT2D eigenvalue weighted by Crippen LogP contribution is 2.30. The number of nitrogens with two attached hydrogens (primary N) is 1. The Labute approximate surface area is 143 Å². The molecule has 0 aromatic carbocycles. The van der Waals surface area contributed by atoms with Gasteiger partial charge in [0.05, 0.1) is 23.3 Å². The summed E-state index contributed by atoms with van der Waals surface area (Å²) in [5.74, 6) is 0.740. The zero-order valence-corrected chi connectivity index (χ0v) is 14.0. The Morgan fingerprint density at radius 2 is 2.04 bits per heavy atom. The van der Waals surface area contributed by atoms with E-state index in [1.165, 1.54) is 17.1 Å². The van der Waals surface area contributed by atoms with E-state index in [1.807, 2.05) is 18.7 Å². The number of nitrogen functional groups attached to an aromatic ring is 1. The predicted molar refractivity (Wildman–Crippen MR) is 89.7 cm³/mol. The van der Waals surface area contributed by atoms with Crippen molar-refractivity contribution < 1.29 is 9.66 Å². The maximum atomic E-state index is 11.3. The van der Waals surface area contributed by atoms with Crippen molar-refractivity contribution in [2.24, 2.45) is 0 Å². The van der Waals surface area contributed by atoms with Crippen LogP contribution in [0.4, 0.5) is 17.3 Å². The third kappa shape index (κ3) is 3.00. The fourth-order valence-electron chi connectivity index (χ4n) is 2.81. The van der Waals surface area contributed by atoms with Crippen molar-refractivity contribution in [2.75, 3.05) is 23.7 Å². The summed E-state index contributed by atoms with van der Waals surface area (Å²) in [6, 6.07) is 1.60. The van der Waals surface area contributed by atoms with Crippen LogP contribution in [0.25, 0.3) is 5.69 Å². The van der Waals surface area contributed by atoms with E-state index in [4.69, 9.17) is 22.1 Å². The number of rotatable bonds is 3. The van der Waals surface area contributed by atoms with Gasteiger partial charge in [-0.05, 0) is 13.8 Å². The lowest BCUT2D eigenvalue weighted by molar-refractivity contribution is -0.384. The number of hydrogen-bond donors (Lipinski definition) is 1. The van der Waals surface area contributed by atoms with Crippen molar-refractivity contribution in [2.45, 2.75) is 26.1 Å². The number of nitro groups is 1. The Bertz CT molecular complexity index is 770. The molecule has 2 aromatic rings. The van der Waals surface area contributed by atoms with Crippen LogP contribution >= 0.6 is 11.6 Å². The summed E-state index contributed by atoms with van der Waals surface area (Å²) < 4.78 is 6.95. The standard InChI is InChI=1S/C14H17ClN6O3/c1-8-6-19(7-9(2)24-8)13-3-11(12(5-17-13)21(22)23)20-14(16)10(15)4-18-20/h3-5,8-9H,6-7,16H2,1-2H3/t8-,9-/m0/s1. The van der Waals surface area contributed by atoms with Crippen LogP contribution in [0.1, 0.15) is 13.8 Å². The quantitative estimate of drug-likeness (QED) is 0.664. The smallest absolute Gasteiger partial charge is 0.313 e. The molecular weight excluding hydrogens is 336 g/mol. The Kier molecular flexibility index (Phi) is 4.29. The first-order valence-corrected chi connectivity index (χ1v) is 7.78. The van der Waals surface area contributed by atoms with Crippen LogP contribution in [0.3, 0.4) is 0 Å². The lowest BCUT2D eigenvalue weighted by Gasteiger charge is -2.36. The van der Waals surface area contributed by atoms with Crippen molar-refractivity contribution in [1.29, 1.82) is 0 Å². The molecule has 1 fully saturated rings. The van der Waals surface area contributed by atoms with Crippen molar-refractivity contribution in [3.8, 4) is 5.69 Å². The summed E-state index contributed by atoms with van der Waals surface area (Å²) in [4.78, 5) is 17.0. The predicted octanol–water partition coefficient (Wildman–Crippen LogP) is 2.02. The molecule has 1 saturated heterocycles. The molecule has 24 heavy (non-hydrogen) atoms. The average Bonchev–Trinajstić information content (AvgIpc) is 2.85. The molecule has 9 nitrogen and oxygen atoms in total. The van der Waals surface area contributed by atoms with Crippen LogP contribution in [-0.2, 0) is 4.74 Å². The van der Waals surface area contributed by atoms with Gasteiger partial charge < -0.3 is 15.4 Å². The molecule has 10 heteroatoms. The van der Waals surface area contributed by atoms with Gasteiger partial charge in [-0.3, -0.25) is 10.1 Å². The van der Waals surface area contributed by atoms with Gasteiger partial charge in [0.2, 0.25) is 0 Å². The number of anilines is 2. The first kappa shape index (κ1) is 16.5. The summed E-state index contributed by atoms with van der Waals surface area (Å²) in [6.45, 7) is 5.23. The minimum absolute atomic E-state index is 0.0402. The molecule has 1 aliphatic rings. The topological polar surface area (TPSA) is 112 Å². The van der Waals surface area contributed by atoms with Crippen LogP contribution in [0.2, 0.25) is 5.02 Å². The lowest BCUT2D eigenvalue weighted by Crippen LogP contribution is -2.45. The van der Waals surface area contributed by atoms with Crippen molar-refractivity contribution >= 4 is 28.9 Å². The van der Waals surface area contributed by atoms with Crippen molar-refractivity contribution in [3.63, 3.8) is 0 Å². The van der Waals surface area contributed by atoms with Gasteiger partial charge in [0.25, 0.3) is 0 Å². The SMILES string of the molecule is C[C@H]1CN(c2cc(-n3ncc(Cl)c3N)c([N+](=O)[O-])cn2)C[C@H](C)O1. The number of pyridine rings is 1. The Hall–Kier alpha value is -2.39. The van der Waals surface area contributed by atoms with E-state index < -0.39 is 4.92 Å². The number of ether oxygens (including phenoxy) is 1. The highest BCUT2D eigenvalue weighted by molar-refractivity contribution is 6.32. The van der Waals surface area contributed by atoms with Gasteiger partial charge >= 0.3 is 5.69 Å². The minimum Gasteiger partial charge on any atom is -0.382 e. The molecule has 1 aliphatic heterocycles. The molecule has 0 radical (unpaired) electrons. The maximum Gasteiger partial charge on any atom is 0.313 e. The van der Waals surface area contributed by atoms with Crippen LogP contribution in [0, 0.1) is 10.1 Å². The molecule has 128 valence electrons. The Balaban J connectivity index is 2.06. The zero-order chi connectivity index (χ0) is 17.4. The van der Waals surface area contributed by atoms with Gasteiger partial charge in [-0.2, -0.15) is 5.10 Å². The molecule has 2 aromatic heterocycles. The van der Waals surface area contributed by atoms with Crippen molar-refractivity contribution in [3.05, 3.63) is 33.6 Å². The average molecular weight is 353 g/mol. The van der Waals surface area contributed by atoms with Crippen LogP contribution < -0.4 is 10.6 Å². The maximum absolute atomic E-state index is 11.3. The zero-order valence-electron chi connectivity index (χ0n) is 13.2. The number of nitrogens with zero attached hydrogens (tertiary/aromatic N) is 5. The third-order valence-corrected chi connectivity index (χ3v) is 4.07. The molecule has 2 N–H and O–H groups in total. The van der Waals surface area contributed by atoms with E-state index in [1.54, 1.807) is 6.07 Å². The summed E-state index contributed by atoms with van der Waals surface area (Å²) in [5, 5.41) is 15.6. The second-order valence-corrected chi connectivity index (χ2v) is 6.15. The number of hydrogen-bond acceptors (Lipinski definition) is 7. The van der Waals surface area contributed by atoms with Gasteiger partial charge in [0.1, 0.15) is 28.5 Å².